The first-order chi connectivity index (χ1) is 13.8. The fourth-order valence-electron chi connectivity index (χ4n) is 2.53. The Morgan fingerprint density at radius 3 is 2.66 bits per heavy atom. The van der Waals surface area contributed by atoms with Crippen LogP contribution in [-0.2, 0) is 14.9 Å². The van der Waals surface area contributed by atoms with Gasteiger partial charge >= 0.3 is 10.1 Å². The summed E-state index contributed by atoms with van der Waals surface area (Å²) in [5.74, 6) is -0.520. The standard InChI is InChI=1S/C18H11BrN4O4S2/c19-14-9-11(8-13-16(20)23-18(22-17(13)24)28-10-21-23)6-7-15(14)27-29(25,26)12-4-2-1-3-5-12/h1-10,20H. The Labute approximate surface area is 178 Å². The number of carbonyl (C=O) groups is 1. The van der Waals surface area contributed by atoms with Gasteiger partial charge in [-0.3, -0.25) is 10.2 Å². The number of halogens is 1. The van der Waals surface area contributed by atoms with Crippen molar-refractivity contribution in [2.24, 2.45) is 10.1 Å². The third kappa shape index (κ3) is 3.88. The number of aliphatic imine (C=N–C) groups is 1. The molecule has 146 valence electrons. The summed E-state index contributed by atoms with van der Waals surface area (Å²) in [6, 6.07) is 12.4. The van der Waals surface area contributed by atoms with Crippen LogP contribution >= 0.6 is 27.7 Å². The van der Waals surface area contributed by atoms with E-state index in [0.717, 1.165) is 11.8 Å². The molecule has 0 aromatic heterocycles. The number of hydrogen-bond donors (Lipinski definition) is 1. The molecule has 2 aliphatic rings. The highest BCUT2D eigenvalue weighted by atomic mass is 79.9. The second-order valence-electron chi connectivity index (χ2n) is 5.80. The van der Waals surface area contributed by atoms with E-state index in [2.05, 4.69) is 26.0 Å². The normalized spacial score (nSPS) is 17.5. The molecule has 0 spiro atoms. The zero-order valence-electron chi connectivity index (χ0n) is 14.4. The van der Waals surface area contributed by atoms with Gasteiger partial charge in [-0.2, -0.15) is 23.5 Å². The molecule has 0 atom stereocenters. The third-order valence-electron chi connectivity index (χ3n) is 3.89. The van der Waals surface area contributed by atoms with Crippen LogP contribution in [0, 0.1) is 5.41 Å². The molecule has 2 aromatic rings. The van der Waals surface area contributed by atoms with E-state index < -0.39 is 16.0 Å². The van der Waals surface area contributed by atoms with Crippen molar-refractivity contribution < 1.29 is 17.4 Å². The molecule has 29 heavy (non-hydrogen) atoms. The molecule has 2 aromatic carbocycles. The van der Waals surface area contributed by atoms with E-state index >= 15 is 0 Å². The van der Waals surface area contributed by atoms with Crippen LogP contribution in [0.5, 0.6) is 5.75 Å². The Bertz CT molecular complexity index is 1220. The minimum absolute atomic E-state index is 0.0389. The molecule has 11 heteroatoms. The summed E-state index contributed by atoms with van der Waals surface area (Å²) in [5.41, 5.74) is 2.13. The van der Waals surface area contributed by atoms with Crippen LogP contribution in [0.2, 0.25) is 0 Å². The van der Waals surface area contributed by atoms with Gasteiger partial charge in [-0.25, -0.2) is 0 Å². The Morgan fingerprint density at radius 1 is 1.17 bits per heavy atom. The summed E-state index contributed by atoms with van der Waals surface area (Å²) >= 11 is 4.45. The lowest BCUT2D eigenvalue weighted by atomic mass is 10.1. The van der Waals surface area contributed by atoms with Crippen molar-refractivity contribution in [1.82, 2.24) is 5.01 Å². The van der Waals surface area contributed by atoms with Crippen LogP contribution in [0.15, 0.2) is 73.6 Å². The zero-order valence-corrected chi connectivity index (χ0v) is 17.7. The van der Waals surface area contributed by atoms with E-state index in [4.69, 9.17) is 9.59 Å². The number of thioether (sulfide) groups is 1. The minimum atomic E-state index is -3.98. The Kier molecular flexibility index (Phi) is 5.11. The van der Waals surface area contributed by atoms with Crippen LogP contribution < -0.4 is 4.18 Å². The van der Waals surface area contributed by atoms with Crippen molar-refractivity contribution >= 4 is 66.3 Å². The van der Waals surface area contributed by atoms with Gasteiger partial charge in [-0.05, 0) is 63.6 Å². The second-order valence-corrected chi connectivity index (χ2v) is 9.01. The van der Waals surface area contributed by atoms with Crippen molar-refractivity contribution in [3.63, 3.8) is 0 Å². The van der Waals surface area contributed by atoms with Gasteiger partial charge in [-0.1, -0.05) is 24.3 Å². The van der Waals surface area contributed by atoms with Crippen molar-refractivity contribution in [3.05, 3.63) is 64.1 Å². The first-order valence-corrected chi connectivity index (χ1v) is 11.2. The number of carbonyl (C=O) groups excluding carboxylic acids is 1. The number of amidine groups is 2. The van der Waals surface area contributed by atoms with Gasteiger partial charge in [-0.15, -0.1) is 0 Å². The maximum atomic E-state index is 12.4. The summed E-state index contributed by atoms with van der Waals surface area (Å²) in [7, 11) is -3.98. The average Bonchev–Trinajstić information content (AvgIpc) is 3.16. The topological polar surface area (TPSA) is 112 Å². The first kappa shape index (κ1) is 19.6. The van der Waals surface area contributed by atoms with Gasteiger partial charge in [0.05, 0.1) is 15.6 Å². The van der Waals surface area contributed by atoms with Crippen LogP contribution in [0.1, 0.15) is 5.56 Å². The second kappa shape index (κ2) is 7.58. The van der Waals surface area contributed by atoms with Gasteiger partial charge < -0.3 is 4.18 Å². The average molecular weight is 491 g/mol. The molecule has 0 fully saturated rings. The number of hydrazone groups is 1. The smallest absolute Gasteiger partial charge is 0.339 e. The molecule has 2 aliphatic heterocycles. The lowest BCUT2D eigenvalue weighted by Gasteiger charge is -2.20. The van der Waals surface area contributed by atoms with E-state index in [0.29, 0.717) is 15.2 Å². The largest absolute Gasteiger partial charge is 0.378 e. The fourth-order valence-corrected chi connectivity index (χ4v) is 4.69. The lowest BCUT2D eigenvalue weighted by Crippen LogP contribution is -2.35. The third-order valence-corrected chi connectivity index (χ3v) is 6.44. The number of benzene rings is 2. The number of hydrogen-bond acceptors (Lipinski definition) is 7. The van der Waals surface area contributed by atoms with Crippen LogP contribution in [0.3, 0.4) is 0 Å². The summed E-state index contributed by atoms with van der Waals surface area (Å²) in [6.07, 6.45) is 1.49. The Hall–Kier alpha value is -2.76. The predicted octanol–water partition coefficient (Wildman–Crippen LogP) is 3.47. The first-order valence-electron chi connectivity index (χ1n) is 8.07. The van der Waals surface area contributed by atoms with Crippen LogP contribution in [0.25, 0.3) is 6.08 Å². The van der Waals surface area contributed by atoms with E-state index in [1.165, 1.54) is 34.8 Å². The molecule has 0 bridgehead atoms. The molecule has 2 heterocycles. The highest BCUT2D eigenvalue weighted by molar-refractivity contribution is 9.10. The highest BCUT2D eigenvalue weighted by Gasteiger charge is 2.32. The molecule has 0 saturated carbocycles. The number of nitrogens with zero attached hydrogens (tertiary/aromatic N) is 3. The molecule has 0 radical (unpaired) electrons. The van der Waals surface area contributed by atoms with Gasteiger partial charge in [0.25, 0.3) is 5.91 Å². The Morgan fingerprint density at radius 2 is 1.93 bits per heavy atom. The summed E-state index contributed by atoms with van der Waals surface area (Å²) in [4.78, 5) is 16.2. The molecule has 0 unspecified atom stereocenters. The maximum Gasteiger partial charge on any atom is 0.339 e. The lowest BCUT2D eigenvalue weighted by molar-refractivity contribution is -0.114. The summed E-state index contributed by atoms with van der Waals surface area (Å²) < 4.78 is 30.3. The van der Waals surface area contributed by atoms with Crippen LogP contribution in [-0.4, -0.2) is 35.9 Å². The molecule has 0 aliphatic carbocycles. The fraction of sp³-hybridized carbons (Fsp3) is 0. The van der Waals surface area contributed by atoms with E-state index in [9.17, 15) is 13.2 Å². The maximum absolute atomic E-state index is 12.4. The van der Waals surface area contributed by atoms with E-state index in [-0.39, 0.29) is 22.1 Å². The molecule has 0 saturated heterocycles. The van der Waals surface area contributed by atoms with E-state index in [1.54, 1.807) is 30.3 Å². The monoisotopic (exact) mass is 490 g/mol. The summed E-state index contributed by atoms with van der Waals surface area (Å²) in [5, 5.41) is 13.8. The summed E-state index contributed by atoms with van der Waals surface area (Å²) in [6.45, 7) is 0. The number of fused-ring (bicyclic) bond motifs is 1. The predicted molar refractivity (Wildman–Crippen MR) is 114 cm³/mol. The van der Waals surface area contributed by atoms with Gasteiger partial charge in [0.1, 0.15) is 4.90 Å². The minimum Gasteiger partial charge on any atom is -0.378 e. The van der Waals surface area contributed by atoms with Gasteiger partial charge in [0.15, 0.2) is 16.8 Å². The van der Waals surface area contributed by atoms with Gasteiger partial charge in [0.2, 0.25) is 0 Å². The molecule has 8 nitrogen and oxygen atoms in total. The van der Waals surface area contributed by atoms with Crippen molar-refractivity contribution in [3.8, 4) is 5.75 Å². The number of rotatable bonds is 4. The Balaban J connectivity index is 1.61. The molecule has 1 N–H and O–H groups in total. The number of nitrogens with one attached hydrogen (secondary N) is 1. The van der Waals surface area contributed by atoms with Crippen molar-refractivity contribution in [1.29, 1.82) is 5.41 Å². The SMILES string of the molecule is N=C1C(=Cc2ccc(OS(=O)(=O)c3ccccc3)c(Br)c2)C(=O)N=C2SC=NN12. The van der Waals surface area contributed by atoms with Crippen molar-refractivity contribution in [2.75, 3.05) is 0 Å². The van der Waals surface area contributed by atoms with Crippen molar-refractivity contribution in [2.45, 2.75) is 4.90 Å². The van der Waals surface area contributed by atoms with E-state index in [1.807, 2.05) is 0 Å². The van der Waals surface area contributed by atoms with Crippen LogP contribution in [0.4, 0.5) is 0 Å². The molecular weight excluding hydrogens is 480 g/mol. The zero-order chi connectivity index (χ0) is 20.6. The highest BCUT2D eigenvalue weighted by Crippen LogP contribution is 2.31. The molecule has 1 amide bonds. The number of amides is 1. The molecule has 4 rings (SSSR count). The quantitative estimate of drug-likeness (QED) is 0.518. The van der Waals surface area contributed by atoms with Gasteiger partial charge in [0, 0.05) is 0 Å². The molecular formula is C18H11BrN4O4S2.